The monoisotopic (exact) mass is 985 g/mol. The van der Waals surface area contributed by atoms with Gasteiger partial charge in [-0.2, -0.15) is 0 Å². The number of fused-ring (bicyclic) bond motifs is 10. The van der Waals surface area contributed by atoms with Gasteiger partial charge in [-0.25, -0.2) is 0 Å². The Kier molecular flexibility index (Phi) is 16.3. The van der Waals surface area contributed by atoms with Crippen molar-refractivity contribution in [3.8, 4) is 0 Å². The van der Waals surface area contributed by atoms with E-state index in [0.29, 0.717) is 75.4 Å². The second kappa shape index (κ2) is 21.3. The van der Waals surface area contributed by atoms with Gasteiger partial charge in [-0.15, -0.1) is 0 Å². The van der Waals surface area contributed by atoms with Crippen LogP contribution in [0.15, 0.2) is 0 Å². The van der Waals surface area contributed by atoms with Gasteiger partial charge in [-0.1, -0.05) is 41.5 Å². The van der Waals surface area contributed by atoms with Gasteiger partial charge in [-0.05, 0) is 233 Å². The van der Waals surface area contributed by atoms with Crippen LogP contribution in [0.1, 0.15) is 183 Å². The molecule has 0 aromatic rings. The summed E-state index contributed by atoms with van der Waals surface area (Å²) in [6.07, 6.45) is 15.9. The third kappa shape index (κ3) is 9.85. The van der Waals surface area contributed by atoms with E-state index >= 15 is 0 Å². The highest BCUT2D eigenvalue weighted by atomic mass is 16.7. The zero-order valence-corrected chi connectivity index (χ0v) is 44.1. The summed E-state index contributed by atoms with van der Waals surface area (Å²) >= 11 is 0. The fraction of sp³-hybridized carbons (Fsp3) is 0.966. The van der Waals surface area contributed by atoms with Gasteiger partial charge in [0.2, 0.25) is 0 Å². The Morgan fingerprint density at radius 2 is 0.886 bits per heavy atom. The molecule has 0 saturated heterocycles. The molecule has 0 radical (unpaired) electrons. The van der Waals surface area contributed by atoms with Crippen molar-refractivity contribution in [2.24, 2.45) is 105 Å². The predicted molar refractivity (Wildman–Crippen MR) is 264 cm³/mol. The first kappa shape index (κ1) is 53.4. The lowest BCUT2D eigenvalue weighted by molar-refractivity contribution is -0.207. The third-order valence-electron chi connectivity index (χ3n) is 23.9. The van der Waals surface area contributed by atoms with Crippen LogP contribution in [0.2, 0.25) is 0 Å². The molecule has 0 aliphatic heterocycles. The highest BCUT2D eigenvalue weighted by Gasteiger charge is 2.67. The van der Waals surface area contributed by atoms with Gasteiger partial charge in [0.25, 0.3) is 0 Å². The zero-order valence-electron chi connectivity index (χ0n) is 44.1. The maximum atomic E-state index is 12.9. The topological polar surface area (TPSA) is 192 Å². The lowest BCUT2D eigenvalue weighted by Gasteiger charge is -2.63. The largest absolute Gasteiger partial charge is 0.438 e. The van der Waals surface area contributed by atoms with Crippen LogP contribution in [0.3, 0.4) is 0 Å². The Bertz CT molecular complexity index is 1660. The van der Waals surface area contributed by atoms with Gasteiger partial charge in [0, 0.05) is 12.8 Å². The second-order valence-corrected chi connectivity index (χ2v) is 27.0. The van der Waals surface area contributed by atoms with E-state index in [-0.39, 0.29) is 119 Å². The van der Waals surface area contributed by atoms with E-state index < -0.39 is 24.4 Å². The van der Waals surface area contributed by atoms with Crippen molar-refractivity contribution in [3.63, 3.8) is 0 Å². The van der Waals surface area contributed by atoms with Crippen molar-refractivity contribution in [1.82, 2.24) is 0 Å². The minimum absolute atomic E-state index is 0.0412. The normalized spacial score (nSPS) is 49.5. The van der Waals surface area contributed by atoms with E-state index in [2.05, 4.69) is 41.5 Å². The van der Waals surface area contributed by atoms with Crippen LogP contribution in [-0.2, 0) is 28.5 Å². The van der Waals surface area contributed by atoms with Crippen molar-refractivity contribution in [3.05, 3.63) is 0 Å². The van der Waals surface area contributed by atoms with E-state index in [4.69, 9.17) is 18.9 Å². The molecule has 0 heterocycles. The number of aliphatic hydroxyl groups is 6. The van der Waals surface area contributed by atoms with Gasteiger partial charge in [-0.3, -0.25) is 9.59 Å². The number of hydrogen-bond acceptors (Lipinski definition) is 12. The fourth-order valence-electron chi connectivity index (χ4n) is 19.7. The summed E-state index contributed by atoms with van der Waals surface area (Å²) in [7, 11) is 0. The molecule has 9 aliphatic carbocycles. The van der Waals surface area contributed by atoms with Crippen molar-refractivity contribution >= 4 is 11.9 Å². The summed E-state index contributed by atoms with van der Waals surface area (Å²) < 4.78 is 22.8. The Hall–Kier alpha value is -1.38. The molecule has 0 bridgehead atoms. The number of rotatable bonds is 16. The maximum Gasteiger partial charge on any atom is 0.307 e. The molecule has 0 aromatic carbocycles. The number of hydrogen-bond donors (Lipinski definition) is 6. The molecule has 70 heavy (non-hydrogen) atoms. The minimum Gasteiger partial charge on any atom is -0.438 e. The highest BCUT2D eigenvalue weighted by Crippen LogP contribution is 2.70. The van der Waals surface area contributed by atoms with Gasteiger partial charge >= 0.3 is 11.9 Å². The van der Waals surface area contributed by atoms with Crippen LogP contribution in [0.4, 0.5) is 0 Å². The Balaban J connectivity index is 0.623. The van der Waals surface area contributed by atoms with Gasteiger partial charge in [0.15, 0.2) is 13.6 Å². The van der Waals surface area contributed by atoms with E-state index in [0.717, 1.165) is 103 Å². The van der Waals surface area contributed by atoms with E-state index in [1.54, 1.807) is 0 Å². The summed E-state index contributed by atoms with van der Waals surface area (Å²) in [5, 5.41) is 67.9. The maximum absolute atomic E-state index is 12.9. The quantitative estimate of drug-likeness (QED) is 0.0491. The Morgan fingerprint density at radius 1 is 0.500 bits per heavy atom. The SMILES string of the molecule is CC(CCC(=O)OCOCC1CCC(COCOC(=O)CCC(C)C2CCC3C4C(O)CC5CC(O)CCC5(C)C4CC(O)C23C)CC1)C1CCC2C3C(O)CC4CC(O)CCC4(C)C3CC(O)C12C. The Labute approximate surface area is 420 Å². The fourth-order valence-corrected chi connectivity index (χ4v) is 19.7. The lowest BCUT2D eigenvalue weighted by Crippen LogP contribution is -2.62. The molecule has 0 amide bonds. The summed E-state index contributed by atoms with van der Waals surface area (Å²) in [5.41, 5.74) is -0.470. The van der Waals surface area contributed by atoms with Crippen molar-refractivity contribution in [1.29, 1.82) is 0 Å². The van der Waals surface area contributed by atoms with Gasteiger partial charge in [0.05, 0.1) is 49.8 Å². The molecule has 9 rings (SSSR count). The summed E-state index contributed by atoms with van der Waals surface area (Å²) in [6, 6.07) is 0. The molecule has 22 atom stereocenters. The predicted octanol–water partition coefficient (Wildman–Crippen LogP) is 8.58. The van der Waals surface area contributed by atoms with Gasteiger partial charge < -0.3 is 49.6 Å². The standard InChI is InChI=1S/C58H96O12/c1-33(41-13-15-43-53-45(27-49(63)57(41,43)5)55(3)21-19-39(59)23-37(55)25-47(53)61)7-17-51(65)69-31-67-29-35-9-11-36(12-10-35)30-68-32-70-52(66)18-8-34(2)42-14-16-44-54-46(28-50(64)58(42,44)6)56(4)22-20-40(60)24-38(56)26-48(54)62/h33-50,53-54,59-64H,7-32H2,1-6H3. The van der Waals surface area contributed by atoms with Crippen LogP contribution in [0.25, 0.3) is 0 Å². The smallest absolute Gasteiger partial charge is 0.307 e. The summed E-state index contributed by atoms with van der Waals surface area (Å²) in [4.78, 5) is 25.8. The van der Waals surface area contributed by atoms with Crippen molar-refractivity contribution in [2.75, 3.05) is 26.8 Å². The molecule has 0 spiro atoms. The Morgan fingerprint density at radius 3 is 1.27 bits per heavy atom. The molecule has 9 saturated carbocycles. The van der Waals surface area contributed by atoms with Crippen LogP contribution in [0.5, 0.6) is 0 Å². The first-order valence-electron chi connectivity index (χ1n) is 28.8. The average molecular weight is 985 g/mol. The number of ether oxygens (including phenoxy) is 4. The van der Waals surface area contributed by atoms with E-state index in [9.17, 15) is 40.2 Å². The number of carbonyl (C=O) groups excluding carboxylic acids is 2. The zero-order chi connectivity index (χ0) is 49.9. The van der Waals surface area contributed by atoms with E-state index in [1.165, 1.54) is 0 Å². The highest BCUT2D eigenvalue weighted by molar-refractivity contribution is 5.69. The van der Waals surface area contributed by atoms with Crippen molar-refractivity contribution < 1.29 is 59.2 Å². The van der Waals surface area contributed by atoms with Crippen molar-refractivity contribution in [2.45, 2.75) is 219 Å². The average Bonchev–Trinajstić information content (AvgIpc) is 3.88. The van der Waals surface area contributed by atoms with Crippen LogP contribution in [0, 0.1) is 105 Å². The number of esters is 2. The van der Waals surface area contributed by atoms with Crippen LogP contribution < -0.4 is 0 Å². The second-order valence-electron chi connectivity index (χ2n) is 27.0. The molecule has 9 aliphatic rings. The molecule has 0 aromatic heterocycles. The molecule has 12 nitrogen and oxygen atoms in total. The van der Waals surface area contributed by atoms with Crippen LogP contribution >= 0.6 is 0 Å². The summed E-state index contributed by atoms with van der Waals surface area (Å²) in [5.74, 6) is 3.38. The van der Waals surface area contributed by atoms with E-state index in [1.807, 2.05) is 0 Å². The number of carbonyl (C=O) groups is 2. The van der Waals surface area contributed by atoms with Gasteiger partial charge in [0.1, 0.15) is 0 Å². The molecule has 400 valence electrons. The first-order chi connectivity index (χ1) is 33.3. The molecule has 22 unspecified atom stereocenters. The molecule has 12 heteroatoms. The molecular weight excluding hydrogens is 889 g/mol. The third-order valence-corrected chi connectivity index (χ3v) is 23.9. The van der Waals surface area contributed by atoms with Crippen LogP contribution in [-0.4, -0.2) is 106 Å². The number of aliphatic hydroxyl groups excluding tert-OH is 6. The molecule has 9 fully saturated rings. The molecular formula is C58H96O12. The summed E-state index contributed by atoms with van der Waals surface area (Å²) in [6.45, 7) is 14.7. The first-order valence-corrected chi connectivity index (χ1v) is 28.8. The lowest BCUT2D eigenvalue weighted by atomic mass is 9.43. The minimum atomic E-state index is -0.439. The molecule has 6 N–H and O–H groups in total.